The van der Waals surface area contributed by atoms with Crippen molar-refractivity contribution in [2.75, 3.05) is 13.1 Å². The van der Waals surface area contributed by atoms with Crippen molar-refractivity contribution < 1.29 is 20.1 Å². The van der Waals surface area contributed by atoms with Gasteiger partial charge < -0.3 is 14.8 Å². The second kappa shape index (κ2) is 6.23. The number of nitrogens with one attached hydrogen (secondary N) is 1. The van der Waals surface area contributed by atoms with Crippen molar-refractivity contribution in [2.24, 2.45) is 5.92 Å². The Morgan fingerprint density at radius 2 is 2.21 bits per heavy atom. The van der Waals surface area contributed by atoms with E-state index in [2.05, 4.69) is 15.0 Å². The van der Waals surface area contributed by atoms with Crippen LogP contribution in [0.3, 0.4) is 0 Å². The molecule has 3 unspecified atom stereocenters. The highest BCUT2D eigenvalue weighted by Gasteiger charge is 2.38. The Balaban J connectivity index is 1.56. The monoisotopic (exact) mass is 332 g/mol. The molecule has 3 atom stereocenters. The largest absolute Gasteiger partial charge is 0.595 e. The number of hydrogen-bond donors (Lipinski definition) is 3. The molecule has 2 aromatic rings. The van der Waals surface area contributed by atoms with Gasteiger partial charge in [-0.2, -0.15) is 10.2 Å². The third-order valence-electron chi connectivity index (χ3n) is 4.67. The molecular weight excluding hydrogens is 312 g/mol. The molecule has 1 saturated carbocycles. The number of benzene rings is 1. The predicted octanol–water partition coefficient (Wildman–Crippen LogP) is 0.658. The van der Waals surface area contributed by atoms with Crippen LogP contribution in [0.2, 0.25) is 0 Å². The van der Waals surface area contributed by atoms with Crippen LogP contribution in [0.4, 0.5) is 5.69 Å². The van der Waals surface area contributed by atoms with E-state index in [-0.39, 0.29) is 17.8 Å². The average Bonchev–Trinajstić information content (AvgIpc) is 3.11. The zero-order valence-corrected chi connectivity index (χ0v) is 13.1. The standard InChI is InChI=1S/C16H20N4O4/c21-13-7-14(19(9-13)8-10-4-5-10)16-17-15(18-24-16)11-2-1-3-12(6-11)20(22)23/h1-3,6,10,13-14,20-22H,4-5,7-9H2. The average molecular weight is 332 g/mol. The molecule has 1 aromatic heterocycles. The van der Waals surface area contributed by atoms with Crippen LogP contribution in [-0.2, 0) is 0 Å². The highest BCUT2D eigenvalue weighted by atomic mass is 16.8. The Labute approximate surface area is 138 Å². The van der Waals surface area contributed by atoms with E-state index in [9.17, 15) is 10.3 Å². The maximum absolute atomic E-state index is 11.1. The number of aliphatic hydroxyl groups excluding tert-OH is 1. The quantitative estimate of drug-likeness (QED) is 0.690. The van der Waals surface area contributed by atoms with Gasteiger partial charge in [0.15, 0.2) is 5.69 Å². The summed E-state index contributed by atoms with van der Waals surface area (Å²) in [7, 11) is 0. The number of likely N-dealkylation sites (tertiary alicyclic amines) is 1. The van der Waals surface area contributed by atoms with Gasteiger partial charge in [-0.15, -0.1) is 0 Å². The first-order chi connectivity index (χ1) is 11.6. The zero-order chi connectivity index (χ0) is 16.7. The van der Waals surface area contributed by atoms with E-state index in [0.29, 0.717) is 36.2 Å². The normalized spacial score (nSPS) is 26.0. The summed E-state index contributed by atoms with van der Waals surface area (Å²) >= 11 is 0. The molecule has 0 bridgehead atoms. The number of nitrogens with zero attached hydrogens (tertiary/aromatic N) is 3. The van der Waals surface area contributed by atoms with Crippen molar-refractivity contribution in [3.05, 3.63) is 35.4 Å². The predicted molar refractivity (Wildman–Crippen MR) is 83.2 cm³/mol. The van der Waals surface area contributed by atoms with Gasteiger partial charge >= 0.3 is 0 Å². The van der Waals surface area contributed by atoms with E-state index < -0.39 is 5.23 Å². The van der Waals surface area contributed by atoms with E-state index in [1.165, 1.54) is 25.0 Å². The minimum Gasteiger partial charge on any atom is -0.595 e. The van der Waals surface area contributed by atoms with Gasteiger partial charge in [0.05, 0.1) is 12.1 Å². The van der Waals surface area contributed by atoms with Gasteiger partial charge in [0.1, 0.15) is 0 Å². The molecule has 8 nitrogen and oxygen atoms in total. The summed E-state index contributed by atoms with van der Waals surface area (Å²) in [6.07, 6.45) is 2.70. The molecule has 2 aliphatic rings. The van der Waals surface area contributed by atoms with Crippen molar-refractivity contribution >= 4 is 5.69 Å². The minimum atomic E-state index is -0.991. The number of quaternary nitrogens is 1. The third kappa shape index (κ3) is 3.19. The number of aliphatic hydroxyl groups is 1. The molecule has 1 aliphatic carbocycles. The van der Waals surface area contributed by atoms with Crippen LogP contribution in [0.1, 0.15) is 31.2 Å². The number of aromatic nitrogens is 2. The minimum absolute atomic E-state index is 0.0653. The Morgan fingerprint density at radius 3 is 2.96 bits per heavy atom. The highest BCUT2D eigenvalue weighted by Crippen LogP contribution is 2.37. The topological polar surface area (TPSA) is 110 Å². The lowest BCUT2D eigenvalue weighted by atomic mass is 10.2. The van der Waals surface area contributed by atoms with Crippen LogP contribution in [0.15, 0.2) is 28.8 Å². The van der Waals surface area contributed by atoms with E-state index in [1.807, 2.05) is 0 Å². The third-order valence-corrected chi connectivity index (χ3v) is 4.67. The summed E-state index contributed by atoms with van der Waals surface area (Å²) < 4.78 is 5.42. The smallest absolute Gasteiger partial charge is 0.244 e. The van der Waals surface area contributed by atoms with Crippen LogP contribution in [0, 0.1) is 11.1 Å². The van der Waals surface area contributed by atoms with Crippen LogP contribution < -0.4 is 5.23 Å². The molecule has 0 radical (unpaired) electrons. The lowest BCUT2D eigenvalue weighted by Crippen LogP contribution is -2.99. The van der Waals surface area contributed by atoms with Gasteiger partial charge in [-0.05, 0) is 25.2 Å². The maximum atomic E-state index is 11.1. The van der Waals surface area contributed by atoms with E-state index >= 15 is 0 Å². The van der Waals surface area contributed by atoms with Crippen molar-refractivity contribution in [3.8, 4) is 11.4 Å². The fraction of sp³-hybridized carbons (Fsp3) is 0.500. The van der Waals surface area contributed by atoms with Gasteiger partial charge in [0, 0.05) is 30.8 Å². The SMILES string of the molecule is [O-][NH+](O)c1cccc(-c2noc(C3CC(O)CN3CC3CC3)n2)c1. The zero-order valence-electron chi connectivity index (χ0n) is 13.1. The highest BCUT2D eigenvalue weighted by molar-refractivity contribution is 5.58. The molecule has 0 spiro atoms. The van der Waals surface area contributed by atoms with Gasteiger partial charge in [-0.3, -0.25) is 4.90 Å². The molecule has 1 aliphatic heterocycles. The fourth-order valence-electron chi connectivity index (χ4n) is 3.25. The summed E-state index contributed by atoms with van der Waals surface area (Å²) in [5.74, 6) is 1.58. The number of rotatable bonds is 5. The molecule has 24 heavy (non-hydrogen) atoms. The first kappa shape index (κ1) is 15.7. The lowest BCUT2D eigenvalue weighted by molar-refractivity contribution is -0.991. The van der Waals surface area contributed by atoms with Crippen LogP contribution >= 0.6 is 0 Å². The Hall–Kier alpha value is -1.84. The van der Waals surface area contributed by atoms with Crippen LogP contribution in [0.25, 0.3) is 11.4 Å². The second-order valence-electron chi connectivity index (χ2n) is 6.64. The van der Waals surface area contributed by atoms with Crippen molar-refractivity contribution in [1.29, 1.82) is 0 Å². The summed E-state index contributed by atoms with van der Waals surface area (Å²) in [5, 5.41) is 33.2. The maximum Gasteiger partial charge on any atom is 0.244 e. The van der Waals surface area contributed by atoms with Gasteiger partial charge in [-0.1, -0.05) is 17.3 Å². The lowest BCUT2D eigenvalue weighted by Gasteiger charge is -2.20. The fourth-order valence-corrected chi connectivity index (χ4v) is 3.25. The molecule has 8 heteroatoms. The number of β-amino-alcohol motifs (C(OH)–C–C–N with tert-alkyl or cyclic N) is 1. The van der Waals surface area contributed by atoms with Gasteiger partial charge in [0.25, 0.3) is 0 Å². The second-order valence-corrected chi connectivity index (χ2v) is 6.64. The molecule has 1 aromatic carbocycles. The molecule has 4 rings (SSSR count). The van der Waals surface area contributed by atoms with Crippen LogP contribution in [-0.4, -0.2) is 44.5 Å². The first-order valence-electron chi connectivity index (χ1n) is 8.19. The molecule has 2 fully saturated rings. The van der Waals surface area contributed by atoms with Crippen LogP contribution in [0.5, 0.6) is 0 Å². The molecule has 3 N–H and O–H groups in total. The molecule has 0 amide bonds. The summed E-state index contributed by atoms with van der Waals surface area (Å²) in [4.78, 5) is 6.67. The summed E-state index contributed by atoms with van der Waals surface area (Å²) in [6.45, 7) is 1.58. The first-order valence-corrected chi connectivity index (χ1v) is 8.19. The molecule has 2 heterocycles. The van der Waals surface area contributed by atoms with E-state index in [0.717, 1.165) is 6.54 Å². The summed E-state index contributed by atoms with van der Waals surface area (Å²) in [5.41, 5.74) is 0.794. The molecular formula is C16H20N4O4. The number of hydrogen-bond acceptors (Lipinski definition) is 7. The Morgan fingerprint density at radius 1 is 1.38 bits per heavy atom. The Bertz CT molecular complexity index is 716. The van der Waals surface area contributed by atoms with E-state index in [4.69, 9.17) is 9.73 Å². The Kier molecular flexibility index (Phi) is 4.07. The molecule has 1 saturated heterocycles. The van der Waals surface area contributed by atoms with Crippen molar-refractivity contribution in [3.63, 3.8) is 0 Å². The van der Waals surface area contributed by atoms with E-state index in [1.54, 1.807) is 12.1 Å². The summed E-state index contributed by atoms with van der Waals surface area (Å²) in [6, 6.07) is 6.41. The van der Waals surface area contributed by atoms with Gasteiger partial charge in [0.2, 0.25) is 11.7 Å². The van der Waals surface area contributed by atoms with Crippen molar-refractivity contribution in [2.45, 2.75) is 31.4 Å². The molecule has 128 valence electrons. The van der Waals surface area contributed by atoms with Crippen molar-refractivity contribution in [1.82, 2.24) is 15.0 Å². The van der Waals surface area contributed by atoms with Gasteiger partial charge in [-0.25, -0.2) is 5.21 Å².